The fraction of sp³-hybridized carbons (Fsp3) is 0.632. The molecule has 0 heterocycles. The number of amides is 1. The van der Waals surface area contributed by atoms with E-state index in [1.807, 2.05) is 37.4 Å². The number of rotatable bonds is 6. The van der Waals surface area contributed by atoms with Crippen molar-refractivity contribution in [2.45, 2.75) is 58.0 Å². The second kappa shape index (κ2) is 7.27. The lowest BCUT2D eigenvalue weighted by molar-refractivity contribution is 0.0995. The molecule has 1 saturated carbocycles. The summed E-state index contributed by atoms with van der Waals surface area (Å²) in [6, 6.07) is 10.0. The molecule has 4 nitrogen and oxygen atoms in total. The van der Waals surface area contributed by atoms with E-state index < -0.39 is 8.32 Å². The van der Waals surface area contributed by atoms with Gasteiger partial charge < -0.3 is 14.1 Å². The van der Waals surface area contributed by atoms with Crippen molar-refractivity contribution in [2.24, 2.45) is 5.92 Å². The van der Waals surface area contributed by atoms with Crippen molar-refractivity contribution in [3.8, 4) is 0 Å². The SMILES string of the molecule is CN(C(=O)OCc1ccccc1)[C@@H]1C[C@@H]1CO[Si](C)(C)C(C)(C)C. The van der Waals surface area contributed by atoms with Crippen LogP contribution in [0, 0.1) is 5.92 Å². The fourth-order valence-electron chi connectivity index (χ4n) is 2.37. The predicted octanol–water partition coefficient (Wildman–Crippen LogP) is 4.67. The number of carbonyl (C=O) groups is 1. The highest BCUT2D eigenvalue weighted by Crippen LogP contribution is 2.40. The second-order valence-electron chi connectivity index (χ2n) is 8.29. The molecule has 1 aliphatic rings. The lowest BCUT2D eigenvalue weighted by Crippen LogP contribution is -2.41. The summed E-state index contributed by atoms with van der Waals surface area (Å²) in [5, 5.41) is 0.220. The first-order valence-electron chi connectivity index (χ1n) is 8.69. The van der Waals surface area contributed by atoms with Crippen molar-refractivity contribution >= 4 is 14.4 Å². The smallest absolute Gasteiger partial charge is 0.410 e. The van der Waals surface area contributed by atoms with E-state index >= 15 is 0 Å². The van der Waals surface area contributed by atoms with Crippen LogP contribution in [0.2, 0.25) is 18.1 Å². The van der Waals surface area contributed by atoms with Gasteiger partial charge in [0.1, 0.15) is 6.61 Å². The standard InChI is InChI=1S/C19H31NO3Si/c1-19(2,3)24(5,6)23-14-16-12-17(16)20(4)18(21)22-13-15-10-8-7-9-11-15/h7-11,16-17H,12-14H2,1-6H3/t16-,17-/m1/s1. The van der Waals surface area contributed by atoms with E-state index in [-0.39, 0.29) is 17.2 Å². The maximum Gasteiger partial charge on any atom is 0.410 e. The van der Waals surface area contributed by atoms with E-state index in [0.717, 1.165) is 18.6 Å². The highest BCUT2D eigenvalue weighted by molar-refractivity contribution is 6.74. The number of benzene rings is 1. The van der Waals surface area contributed by atoms with Crippen molar-refractivity contribution in [2.75, 3.05) is 13.7 Å². The largest absolute Gasteiger partial charge is 0.445 e. The molecule has 134 valence electrons. The molecule has 5 heteroatoms. The van der Waals surface area contributed by atoms with E-state index in [4.69, 9.17) is 9.16 Å². The predicted molar refractivity (Wildman–Crippen MR) is 99.4 cm³/mol. The van der Waals surface area contributed by atoms with Gasteiger partial charge in [0.05, 0.1) is 0 Å². The monoisotopic (exact) mass is 349 g/mol. The minimum absolute atomic E-state index is 0.220. The summed E-state index contributed by atoms with van der Waals surface area (Å²) in [5.74, 6) is 0.438. The van der Waals surface area contributed by atoms with Gasteiger partial charge in [0.2, 0.25) is 0 Å². The molecule has 1 amide bonds. The van der Waals surface area contributed by atoms with Gasteiger partial charge in [0, 0.05) is 25.6 Å². The molecule has 1 aromatic carbocycles. The fourth-order valence-corrected chi connectivity index (χ4v) is 3.44. The summed E-state index contributed by atoms with van der Waals surface area (Å²) >= 11 is 0. The molecule has 1 aromatic rings. The first-order chi connectivity index (χ1) is 11.1. The van der Waals surface area contributed by atoms with Gasteiger partial charge >= 0.3 is 6.09 Å². The van der Waals surface area contributed by atoms with Crippen LogP contribution < -0.4 is 0 Å². The highest BCUT2D eigenvalue weighted by atomic mass is 28.4. The van der Waals surface area contributed by atoms with Crippen LogP contribution in [0.1, 0.15) is 32.8 Å². The third-order valence-electron chi connectivity index (χ3n) is 5.34. The van der Waals surface area contributed by atoms with E-state index in [2.05, 4.69) is 33.9 Å². The summed E-state index contributed by atoms with van der Waals surface area (Å²) in [7, 11) is 0.111. The van der Waals surface area contributed by atoms with E-state index in [0.29, 0.717) is 12.5 Å². The van der Waals surface area contributed by atoms with Crippen molar-refractivity contribution < 1.29 is 14.0 Å². The molecule has 0 aliphatic heterocycles. The van der Waals surface area contributed by atoms with Crippen molar-refractivity contribution in [3.05, 3.63) is 35.9 Å². The first-order valence-corrected chi connectivity index (χ1v) is 11.6. The van der Waals surface area contributed by atoms with Crippen LogP contribution in [-0.2, 0) is 15.8 Å². The van der Waals surface area contributed by atoms with Crippen LogP contribution >= 0.6 is 0 Å². The summed E-state index contributed by atoms with van der Waals surface area (Å²) in [6.45, 7) is 12.3. The lowest BCUT2D eigenvalue weighted by atomic mass is 10.2. The highest BCUT2D eigenvalue weighted by Gasteiger charge is 2.45. The molecule has 0 unspecified atom stereocenters. The summed E-state index contributed by atoms with van der Waals surface area (Å²) < 4.78 is 11.7. The van der Waals surface area contributed by atoms with E-state index in [1.165, 1.54) is 0 Å². The maximum atomic E-state index is 12.2. The van der Waals surface area contributed by atoms with E-state index in [1.54, 1.807) is 4.90 Å². The van der Waals surface area contributed by atoms with Gasteiger partial charge in [0.15, 0.2) is 8.32 Å². The third kappa shape index (κ3) is 4.83. The van der Waals surface area contributed by atoms with Crippen LogP contribution in [0.5, 0.6) is 0 Å². The second-order valence-corrected chi connectivity index (χ2v) is 13.1. The Hall–Kier alpha value is -1.33. The number of hydrogen-bond donors (Lipinski definition) is 0. The van der Waals surface area contributed by atoms with Gasteiger partial charge in [-0.25, -0.2) is 4.79 Å². The number of ether oxygens (including phenoxy) is 1. The molecule has 24 heavy (non-hydrogen) atoms. The molecule has 0 aromatic heterocycles. The minimum Gasteiger partial charge on any atom is -0.445 e. The summed E-state index contributed by atoms with van der Waals surface area (Å²) in [4.78, 5) is 13.9. The Kier molecular flexibility index (Phi) is 5.76. The van der Waals surface area contributed by atoms with Gasteiger partial charge in [-0.1, -0.05) is 51.1 Å². The maximum absolute atomic E-state index is 12.2. The molecule has 0 N–H and O–H groups in total. The van der Waals surface area contributed by atoms with Crippen molar-refractivity contribution in [3.63, 3.8) is 0 Å². The van der Waals surface area contributed by atoms with Crippen LogP contribution in [0.25, 0.3) is 0 Å². The Bertz CT molecular complexity index is 553. The van der Waals surface area contributed by atoms with Gasteiger partial charge in [-0.05, 0) is 30.1 Å². The quantitative estimate of drug-likeness (QED) is 0.701. The van der Waals surface area contributed by atoms with Gasteiger partial charge in [-0.3, -0.25) is 0 Å². The number of carbonyl (C=O) groups excluding carboxylic acids is 1. The molecule has 2 atom stereocenters. The van der Waals surface area contributed by atoms with Gasteiger partial charge in [-0.2, -0.15) is 0 Å². The minimum atomic E-state index is -1.71. The summed E-state index contributed by atoms with van der Waals surface area (Å²) in [6.07, 6.45) is 0.754. The molecular weight excluding hydrogens is 318 g/mol. The average Bonchev–Trinajstić information content (AvgIpc) is 3.29. The van der Waals surface area contributed by atoms with Crippen LogP contribution in [0.15, 0.2) is 30.3 Å². The Labute approximate surface area is 147 Å². The molecule has 1 aliphatic carbocycles. The van der Waals surface area contributed by atoms with Crippen LogP contribution in [0.3, 0.4) is 0 Å². The third-order valence-corrected chi connectivity index (χ3v) is 9.84. The molecule has 0 spiro atoms. The molecule has 2 rings (SSSR count). The molecule has 0 radical (unpaired) electrons. The zero-order valence-electron chi connectivity index (χ0n) is 15.8. The zero-order valence-corrected chi connectivity index (χ0v) is 16.8. The number of nitrogens with zero attached hydrogens (tertiary/aromatic N) is 1. The van der Waals surface area contributed by atoms with Crippen molar-refractivity contribution in [1.29, 1.82) is 0 Å². The van der Waals surface area contributed by atoms with Crippen LogP contribution in [-0.4, -0.2) is 39.0 Å². The Morgan fingerprint density at radius 1 is 1.25 bits per heavy atom. The molecule has 0 saturated heterocycles. The van der Waals surface area contributed by atoms with Crippen molar-refractivity contribution in [1.82, 2.24) is 4.90 Å². The van der Waals surface area contributed by atoms with Gasteiger partial charge in [-0.15, -0.1) is 0 Å². The first kappa shape index (κ1) is 19.0. The topological polar surface area (TPSA) is 38.8 Å². The van der Waals surface area contributed by atoms with Crippen LogP contribution in [0.4, 0.5) is 4.79 Å². The molecule has 1 fully saturated rings. The molecular formula is C19H31NO3Si. The van der Waals surface area contributed by atoms with Gasteiger partial charge in [0.25, 0.3) is 0 Å². The molecule has 0 bridgehead atoms. The Morgan fingerprint density at radius 2 is 1.88 bits per heavy atom. The Balaban J connectivity index is 1.74. The lowest BCUT2D eigenvalue weighted by Gasteiger charge is -2.36. The average molecular weight is 350 g/mol. The summed E-state index contributed by atoms with van der Waals surface area (Å²) in [5.41, 5.74) is 1.01. The normalized spacial score (nSPS) is 20.6. The van der Waals surface area contributed by atoms with E-state index in [9.17, 15) is 4.79 Å². The number of hydrogen-bond acceptors (Lipinski definition) is 3. The Morgan fingerprint density at radius 3 is 2.46 bits per heavy atom. The zero-order chi connectivity index (χ0) is 18.0.